The topological polar surface area (TPSA) is 124 Å². The lowest BCUT2D eigenvalue weighted by Gasteiger charge is -2.35. The molecule has 0 spiro atoms. The molecule has 1 atom stereocenters. The third-order valence-corrected chi connectivity index (χ3v) is 5.68. The second-order valence-electron chi connectivity index (χ2n) is 10.1. The van der Waals surface area contributed by atoms with Gasteiger partial charge in [-0.25, -0.2) is 4.79 Å². The standard InChI is InChI=1S/C27H33N3O5/c1-16(2)14-30-23(24(27(3,4)5)29-26(33)34)22(17-9-7-6-8-10-17)19-12-11-18(35-15-21(28)31)13-20(19)25(30)32/h6-13,16,24,29H,14-15H2,1-5H3,(H2,28,31)(H,33,34). The lowest BCUT2D eigenvalue weighted by Crippen LogP contribution is -2.40. The second-order valence-corrected chi connectivity index (χ2v) is 10.1. The van der Waals surface area contributed by atoms with Gasteiger partial charge in [0.15, 0.2) is 6.61 Å². The van der Waals surface area contributed by atoms with Gasteiger partial charge in [0.05, 0.1) is 17.1 Å². The monoisotopic (exact) mass is 479 g/mol. The van der Waals surface area contributed by atoms with Gasteiger partial charge in [0.25, 0.3) is 11.5 Å². The summed E-state index contributed by atoms with van der Waals surface area (Å²) in [6.45, 7) is 9.93. The van der Waals surface area contributed by atoms with E-state index in [-0.39, 0.29) is 18.1 Å². The van der Waals surface area contributed by atoms with Crippen molar-refractivity contribution in [2.24, 2.45) is 17.1 Å². The van der Waals surface area contributed by atoms with E-state index in [0.717, 1.165) is 11.1 Å². The quantitative estimate of drug-likeness (QED) is 0.437. The van der Waals surface area contributed by atoms with E-state index in [9.17, 15) is 19.5 Å². The number of amides is 2. The van der Waals surface area contributed by atoms with E-state index in [1.54, 1.807) is 22.8 Å². The van der Waals surface area contributed by atoms with Gasteiger partial charge in [-0.2, -0.15) is 0 Å². The molecule has 2 aromatic carbocycles. The van der Waals surface area contributed by atoms with Crippen LogP contribution in [0.5, 0.6) is 5.75 Å². The van der Waals surface area contributed by atoms with Gasteiger partial charge >= 0.3 is 6.09 Å². The van der Waals surface area contributed by atoms with Crippen LogP contribution in [-0.4, -0.2) is 28.3 Å². The molecule has 35 heavy (non-hydrogen) atoms. The van der Waals surface area contributed by atoms with Gasteiger partial charge in [0, 0.05) is 12.1 Å². The summed E-state index contributed by atoms with van der Waals surface area (Å²) < 4.78 is 7.15. The number of nitrogens with one attached hydrogen (secondary N) is 1. The van der Waals surface area contributed by atoms with Gasteiger partial charge in [0.2, 0.25) is 0 Å². The predicted octanol–water partition coefficient (Wildman–Crippen LogP) is 4.54. The smallest absolute Gasteiger partial charge is 0.405 e. The molecule has 4 N–H and O–H groups in total. The predicted molar refractivity (Wildman–Crippen MR) is 137 cm³/mol. The van der Waals surface area contributed by atoms with Gasteiger partial charge in [-0.15, -0.1) is 0 Å². The summed E-state index contributed by atoms with van der Waals surface area (Å²) in [6, 6.07) is 14.0. The molecule has 0 saturated carbocycles. The first-order valence-corrected chi connectivity index (χ1v) is 11.6. The van der Waals surface area contributed by atoms with Crippen LogP contribution in [0.25, 0.3) is 21.9 Å². The van der Waals surface area contributed by atoms with E-state index in [4.69, 9.17) is 10.5 Å². The Morgan fingerprint density at radius 3 is 2.29 bits per heavy atom. The van der Waals surface area contributed by atoms with E-state index >= 15 is 0 Å². The highest BCUT2D eigenvalue weighted by atomic mass is 16.5. The summed E-state index contributed by atoms with van der Waals surface area (Å²) in [6.07, 6.45) is -1.16. The van der Waals surface area contributed by atoms with Crippen LogP contribution in [0.4, 0.5) is 4.79 Å². The molecule has 3 rings (SSSR count). The molecule has 1 unspecified atom stereocenters. The SMILES string of the molecule is CC(C)Cn1c(C(NC(=O)O)C(C)(C)C)c(-c2ccccc2)c2ccc(OCC(N)=O)cc2c1=O. The minimum absolute atomic E-state index is 0.118. The van der Waals surface area contributed by atoms with Gasteiger partial charge in [-0.05, 0) is 40.5 Å². The zero-order valence-corrected chi connectivity index (χ0v) is 20.8. The van der Waals surface area contributed by atoms with Crippen molar-refractivity contribution in [1.29, 1.82) is 0 Å². The van der Waals surface area contributed by atoms with Crippen LogP contribution in [0.3, 0.4) is 0 Å². The Hall–Kier alpha value is -3.81. The fourth-order valence-electron chi connectivity index (χ4n) is 4.26. The van der Waals surface area contributed by atoms with Crippen molar-refractivity contribution in [3.05, 3.63) is 64.6 Å². The van der Waals surface area contributed by atoms with Crippen molar-refractivity contribution in [3.8, 4) is 16.9 Å². The lowest BCUT2D eigenvalue weighted by molar-refractivity contribution is -0.119. The fraction of sp³-hybridized carbons (Fsp3) is 0.370. The van der Waals surface area contributed by atoms with E-state index in [1.807, 2.05) is 65.0 Å². The third kappa shape index (κ3) is 5.82. The van der Waals surface area contributed by atoms with Crippen LogP contribution in [0.15, 0.2) is 53.3 Å². The first-order valence-electron chi connectivity index (χ1n) is 11.6. The number of hydrogen-bond donors (Lipinski definition) is 3. The summed E-state index contributed by atoms with van der Waals surface area (Å²) in [7, 11) is 0. The Kier molecular flexibility index (Phi) is 7.53. The van der Waals surface area contributed by atoms with Crippen LogP contribution in [0, 0.1) is 11.3 Å². The highest BCUT2D eigenvalue weighted by molar-refractivity contribution is 5.98. The maximum Gasteiger partial charge on any atom is 0.405 e. The van der Waals surface area contributed by atoms with Gasteiger partial charge in [-0.1, -0.05) is 65.0 Å². The molecule has 3 aromatic rings. The number of hydrogen-bond acceptors (Lipinski definition) is 4. The maximum atomic E-state index is 13.9. The summed E-state index contributed by atoms with van der Waals surface area (Å²) in [4.78, 5) is 37.0. The maximum absolute atomic E-state index is 13.9. The Bertz CT molecular complexity index is 1290. The van der Waals surface area contributed by atoms with Crippen LogP contribution in [0.2, 0.25) is 0 Å². The number of fused-ring (bicyclic) bond motifs is 1. The van der Waals surface area contributed by atoms with E-state index in [0.29, 0.717) is 28.8 Å². The minimum Gasteiger partial charge on any atom is -0.484 e. The minimum atomic E-state index is -1.16. The molecule has 0 aliphatic rings. The summed E-state index contributed by atoms with van der Waals surface area (Å²) in [5, 5.41) is 13.5. The number of nitrogens with two attached hydrogens (primary N) is 1. The van der Waals surface area contributed by atoms with Crippen LogP contribution in [0.1, 0.15) is 46.4 Å². The zero-order valence-electron chi connectivity index (χ0n) is 20.8. The average molecular weight is 480 g/mol. The van der Waals surface area contributed by atoms with Gasteiger partial charge in [0.1, 0.15) is 5.75 Å². The van der Waals surface area contributed by atoms with Crippen molar-refractivity contribution in [3.63, 3.8) is 0 Å². The molecule has 1 heterocycles. The second kappa shape index (κ2) is 10.2. The molecule has 2 amide bonds. The normalized spacial score (nSPS) is 12.5. The third-order valence-electron chi connectivity index (χ3n) is 5.68. The van der Waals surface area contributed by atoms with Crippen molar-refractivity contribution in [2.45, 2.75) is 47.2 Å². The molecule has 0 saturated heterocycles. The number of benzene rings is 2. The molecule has 0 bridgehead atoms. The van der Waals surface area contributed by atoms with E-state index in [2.05, 4.69) is 5.32 Å². The number of primary amides is 1. The van der Waals surface area contributed by atoms with E-state index in [1.165, 1.54) is 0 Å². The summed E-state index contributed by atoms with van der Waals surface area (Å²) in [5.41, 5.74) is 6.67. The highest BCUT2D eigenvalue weighted by Gasteiger charge is 2.34. The molecule has 8 heteroatoms. The molecule has 8 nitrogen and oxygen atoms in total. The Balaban J connectivity index is 2.49. The number of aromatic nitrogens is 1. The first-order chi connectivity index (χ1) is 16.4. The Labute approximate surface area is 204 Å². The van der Waals surface area contributed by atoms with Crippen molar-refractivity contribution in [2.75, 3.05) is 6.61 Å². The molecular formula is C27H33N3O5. The number of carbonyl (C=O) groups is 2. The number of carbonyl (C=O) groups excluding carboxylic acids is 1. The number of pyridine rings is 1. The number of rotatable bonds is 8. The Morgan fingerprint density at radius 2 is 1.74 bits per heavy atom. The number of nitrogens with zero attached hydrogens (tertiary/aromatic N) is 1. The fourth-order valence-corrected chi connectivity index (χ4v) is 4.26. The van der Waals surface area contributed by atoms with Crippen molar-refractivity contribution in [1.82, 2.24) is 9.88 Å². The molecular weight excluding hydrogens is 446 g/mol. The lowest BCUT2D eigenvalue weighted by atomic mass is 9.80. The van der Waals surface area contributed by atoms with E-state index < -0.39 is 23.5 Å². The van der Waals surface area contributed by atoms with Crippen LogP contribution in [-0.2, 0) is 11.3 Å². The molecule has 0 aliphatic heterocycles. The number of carboxylic acid groups (broad SMARTS) is 1. The molecule has 0 aliphatic carbocycles. The first kappa shape index (κ1) is 25.8. The average Bonchev–Trinajstić information content (AvgIpc) is 2.77. The van der Waals surface area contributed by atoms with Crippen LogP contribution < -0.4 is 21.3 Å². The highest BCUT2D eigenvalue weighted by Crippen LogP contribution is 2.41. The number of ether oxygens (including phenoxy) is 1. The van der Waals surface area contributed by atoms with Gasteiger partial charge in [-0.3, -0.25) is 9.59 Å². The largest absolute Gasteiger partial charge is 0.484 e. The van der Waals surface area contributed by atoms with Gasteiger partial charge < -0.3 is 25.5 Å². The van der Waals surface area contributed by atoms with Crippen molar-refractivity contribution >= 4 is 22.8 Å². The summed E-state index contributed by atoms with van der Waals surface area (Å²) >= 11 is 0. The van der Waals surface area contributed by atoms with Crippen molar-refractivity contribution < 1.29 is 19.4 Å². The van der Waals surface area contributed by atoms with Crippen LogP contribution >= 0.6 is 0 Å². The molecule has 1 aromatic heterocycles. The molecule has 186 valence electrons. The molecule has 0 radical (unpaired) electrons. The Morgan fingerprint density at radius 1 is 1.09 bits per heavy atom. The zero-order chi connectivity index (χ0) is 25.9. The summed E-state index contributed by atoms with van der Waals surface area (Å²) in [5.74, 6) is -0.144. The molecule has 0 fully saturated rings.